The monoisotopic (exact) mass is 265 g/mol. The summed E-state index contributed by atoms with van der Waals surface area (Å²) in [6.07, 6.45) is 2.76. The molecule has 0 aliphatic heterocycles. The summed E-state index contributed by atoms with van der Waals surface area (Å²) >= 11 is 0. The standard InChI is InChI=1S/C14H19NO4/c1-4-10(3)18-14(17)13(19-12(16)5-2)11-6-8-15-9-7-11/h6-10,13H,4-5H2,1-3H3. The molecule has 0 fully saturated rings. The number of nitrogens with zero attached hydrogens (tertiary/aromatic N) is 1. The van der Waals surface area contributed by atoms with E-state index in [0.29, 0.717) is 12.0 Å². The minimum Gasteiger partial charge on any atom is -0.460 e. The summed E-state index contributed by atoms with van der Waals surface area (Å²) in [6, 6.07) is 3.26. The van der Waals surface area contributed by atoms with E-state index in [1.807, 2.05) is 6.92 Å². The van der Waals surface area contributed by atoms with Crippen LogP contribution in [0.2, 0.25) is 0 Å². The first-order valence-corrected chi connectivity index (χ1v) is 6.38. The molecule has 0 amide bonds. The maximum Gasteiger partial charge on any atom is 0.352 e. The molecule has 1 aromatic heterocycles. The van der Waals surface area contributed by atoms with Gasteiger partial charge in [0.15, 0.2) is 0 Å². The second-order valence-electron chi connectivity index (χ2n) is 4.16. The van der Waals surface area contributed by atoms with Crippen molar-refractivity contribution in [1.29, 1.82) is 0 Å². The van der Waals surface area contributed by atoms with Crippen LogP contribution in [-0.4, -0.2) is 23.0 Å². The fourth-order valence-electron chi connectivity index (χ4n) is 1.35. The van der Waals surface area contributed by atoms with Gasteiger partial charge in [-0.1, -0.05) is 13.8 Å². The third-order valence-electron chi connectivity index (χ3n) is 2.65. The van der Waals surface area contributed by atoms with Crippen molar-refractivity contribution in [2.75, 3.05) is 0 Å². The van der Waals surface area contributed by atoms with Gasteiger partial charge in [0.2, 0.25) is 6.10 Å². The van der Waals surface area contributed by atoms with Gasteiger partial charge in [-0.05, 0) is 25.5 Å². The molecule has 1 heterocycles. The second-order valence-corrected chi connectivity index (χ2v) is 4.16. The number of esters is 2. The van der Waals surface area contributed by atoms with E-state index in [-0.39, 0.29) is 12.5 Å². The number of hydrogen-bond acceptors (Lipinski definition) is 5. The van der Waals surface area contributed by atoms with E-state index in [1.54, 1.807) is 38.4 Å². The Kier molecular flexibility index (Phi) is 5.99. The highest BCUT2D eigenvalue weighted by Crippen LogP contribution is 2.20. The molecule has 19 heavy (non-hydrogen) atoms. The lowest BCUT2D eigenvalue weighted by Crippen LogP contribution is -2.25. The Bertz CT molecular complexity index is 419. The third kappa shape index (κ3) is 4.69. The minimum atomic E-state index is -1.02. The average Bonchev–Trinajstić information content (AvgIpc) is 2.44. The molecule has 1 aromatic rings. The summed E-state index contributed by atoms with van der Waals surface area (Å²) in [5, 5.41) is 0. The first-order chi connectivity index (χ1) is 9.08. The maximum absolute atomic E-state index is 12.0. The molecule has 0 saturated carbocycles. The largest absolute Gasteiger partial charge is 0.460 e. The smallest absolute Gasteiger partial charge is 0.352 e. The number of ether oxygens (including phenoxy) is 2. The molecule has 2 unspecified atom stereocenters. The van der Waals surface area contributed by atoms with Crippen LogP contribution in [0.3, 0.4) is 0 Å². The van der Waals surface area contributed by atoms with Crippen LogP contribution in [-0.2, 0) is 19.1 Å². The zero-order chi connectivity index (χ0) is 14.3. The van der Waals surface area contributed by atoms with Crippen molar-refractivity contribution in [2.45, 2.75) is 45.8 Å². The molecule has 0 aliphatic carbocycles. The Morgan fingerprint density at radius 2 is 1.84 bits per heavy atom. The molecular weight excluding hydrogens is 246 g/mol. The molecule has 0 bridgehead atoms. The average molecular weight is 265 g/mol. The number of hydrogen-bond donors (Lipinski definition) is 0. The summed E-state index contributed by atoms with van der Waals surface area (Å²) in [4.78, 5) is 27.3. The predicted molar refractivity (Wildman–Crippen MR) is 69.2 cm³/mol. The summed E-state index contributed by atoms with van der Waals surface area (Å²) in [5.41, 5.74) is 0.560. The zero-order valence-electron chi connectivity index (χ0n) is 11.5. The fraction of sp³-hybridized carbons (Fsp3) is 0.500. The first-order valence-electron chi connectivity index (χ1n) is 6.38. The van der Waals surface area contributed by atoms with Gasteiger partial charge >= 0.3 is 11.9 Å². The van der Waals surface area contributed by atoms with E-state index in [4.69, 9.17) is 9.47 Å². The lowest BCUT2D eigenvalue weighted by Gasteiger charge is -2.19. The van der Waals surface area contributed by atoms with Gasteiger partial charge in [-0.15, -0.1) is 0 Å². The maximum atomic E-state index is 12.0. The molecule has 1 rings (SSSR count). The van der Waals surface area contributed by atoms with Crippen molar-refractivity contribution >= 4 is 11.9 Å². The third-order valence-corrected chi connectivity index (χ3v) is 2.65. The van der Waals surface area contributed by atoms with Crippen molar-refractivity contribution in [3.63, 3.8) is 0 Å². The Morgan fingerprint density at radius 1 is 1.21 bits per heavy atom. The molecule has 0 aliphatic rings. The lowest BCUT2D eigenvalue weighted by molar-refractivity contribution is -0.171. The van der Waals surface area contributed by atoms with Crippen LogP contribution in [0.5, 0.6) is 0 Å². The topological polar surface area (TPSA) is 65.5 Å². The summed E-state index contributed by atoms with van der Waals surface area (Å²) < 4.78 is 10.4. The van der Waals surface area contributed by atoms with Gasteiger partial charge < -0.3 is 9.47 Å². The Labute approximate surface area is 112 Å². The van der Waals surface area contributed by atoms with Crippen LogP contribution in [0.4, 0.5) is 0 Å². The predicted octanol–water partition coefficient (Wildman–Crippen LogP) is 2.42. The normalized spacial score (nSPS) is 13.4. The van der Waals surface area contributed by atoms with Crippen LogP contribution in [0.15, 0.2) is 24.5 Å². The van der Waals surface area contributed by atoms with E-state index >= 15 is 0 Å². The summed E-state index contributed by atoms with van der Waals surface area (Å²) in [7, 11) is 0. The van der Waals surface area contributed by atoms with E-state index in [2.05, 4.69) is 4.98 Å². The van der Waals surface area contributed by atoms with Gasteiger partial charge in [0, 0.05) is 24.4 Å². The second kappa shape index (κ2) is 7.51. The minimum absolute atomic E-state index is 0.207. The zero-order valence-corrected chi connectivity index (χ0v) is 11.5. The van der Waals surface area contributed by atoms with E-state index in [9.17, 15) is 9.59 Å². The van der Waals surface area contributed by atoms with E-state index in [0.717, 1.165) is 0 Å². The van der Waals surface area contributed by atoms with Gasteiger partial charge in [0.1, 0.15) is 0 Å². The van der Waals surface area contributed by atoms with Crippen molar-refractivity contribution in [1.82, 2.24) is 4.98 Å². The number of carbonyl (C=O) groups is 2. The van der Waals surface area contributed by atoms with Gasteiger partial charge in [0.05, 0.1) is 6.10 Å². The fourth-order valence-corrected chi connectivity index (χ4v) is 1.35. The van der Waals surface area contributed by atoms with Crippen LogP contribution in [0.1, 0.15) is 45.3 Å². The molecule has 5 nitrogen and oxygen atoms in total. The van der Waals surface area contributed by atoms with E-state index in [1.165, 1.54) is 0 Å². The highest BCUT2D eigenvalue weighted by atomic mass is 16.6. The summed E-state index contributed by atoms with van der Waals surface area (Å²) in [6.45, 7) is 5.38. The summed E-state index contributed by atoms with van der Waals surface area (Å²) in [5.74, 6) is -0.995. The van der Waals surface area contributed by atoms with Crippen LogP contribution in [0, 0.1) is 0 Å². The Hall–Kier alpha value is -1.91. The van der Waals surface area contributed by atoms with Gasteiger partial charge in [-0.2, -0.15) is 0 Å². The van der Waals surface area contributed by atoms with Crippen LogP contribution in [0.25, 0.3) is 0 Å². The first kappa shape index (κ1) is 15.1. The molecule has 0 aromatic carbocycles. The molecule has 5 heteroatoms. The number of aromatic nitrogens is 1. The lowest BCUT2D eigenvalue weighted by atomic mass is 10.1. The highest BCUT2D eigenvalue weighted by molar-refractivity contribution is 5.80. The Morgan fingerprint density at radius 3 is 2.37 bits per heavy atom. The molecule has 0 saturated heterocycles. The number of carbonyl (C=O) groups excluding carboxylic acids is 2. The van der Waals surface area contributed by atoms with Crippen molar-refractivity contribution in [2.24, 2.45) is 0 Å². The molecule has 0 spiro atoms. The van der Waals surface area contributed by atoms with Gasteiger partial charge in [-0.3, -0.25) is 9.78 Å². The van der Waals surface area contributed by atoms with Crippen LogP contribution >= 0.6 is 0 Å². The molecule has 2 atom stereocenters. The molecule has 0 N–H and O–H groups in total. The number of rotatable bonds is 6. The van der Waals surface area contributed by atoms with Crippen molar-refractivity contribution in [3.05, 3.63) is 30.1 Å². The van der Waals surface area contributed by atoms with Gasteiger partial charge in [-0.25, -0.2) is 4.79 Å². The molecular formula is C14H19NO4. The quantitative estimate of drug-likeness (QED) is 0.739. The van der Waals surface area contributed by atoms with E-state index < -0.39 is 18.0 Å². The van der Waals surface area contributed by atoms with Gasteiger partial charge in [0.25, 0.3) is 0 Å². The molecule has 0 radical (unpaired) electrons. The SMILES string of the molecule is CCC(=O)OC(C(=O)OC(C)CC)c1ccncc1. The van der Waals surface area contributed by atoms with Crippen LogP contribution < -0.4 is 0 Å². The van der Waals surface area contributed by atoms with Crippen molar-refractivity contribution < 1.29 is 19.1 Å². The van der Waals surface area contributed by atoms with Crippen molar-refractivity contribution in [3.8, 4) is 0 Å². The highest BCUT2D eigenvalue weighted by Gasteiger charge is 2.27. The number of pyridine rings is 1. The Balaban J connectivity index is 2.86. The molecule has 104 valence electrons.